The molecule has 0 unspecified atom stereocenters. The molecule has 24 heavy (non-hydrogen) atoms. The highest BCUT2D eigenvalue weighted by Crippen LogP contribution is 2.12. The molecule has 0 bridgehead atoms. The largest absolute Gasteiger partial charge is 0.497 e. The maximum absolute atomic E-state index is 11.6. The van der Waals surface area contributed by atoms with Gasteiger partial charge in [-0.2, -0.15) is 0 Å². The first-order valence-corrected chi connectivity index (χ1v) is 8.30. The standard InChI is InChI=1S/C19H26O5/c1-3-4-5-6-7-14-23-18(20)12-13-19(21)24-15-16-8-10-17(22-2)11-9-16/h8-13H,3-7,14-15H2,1-2H3/b13-12+. The SMILES string of the molecule is CCCCCCCOC(=O)/C=C/C(=O)OCc1ccc(OC)cc1. The molecule has 1 aromatic rings. The summed E-state index contributed by atoms with van der Waals surface area (Å²) in [7, 11) is 1.59. The molecule has 0 N–H and O–H groups in total. The summed E-state index contributed by atoms with van der Waals surface area (Å²) in [5, 5.41) is 0. The zero-order valence-corrected chi connectivity index (χ0v) is 14.5. The van der Waals surface area contributed by atoms with Crippen LogP contribution in [0.25, 0.3) is 0 Å². The molecule has 1 aromatic carbocycles. The normalized spacial score (nSPS) is 10.6. The predicted octanol–water partition coefficient (Wildman–Crippen LogP) is 3.81. The molecular weight excluding hydrogens is 308 g/mol. The number of hydrogen-bond donors (Lipinski definition) is 0. The quantitative estimate of drug-likeness (QED) is 0.350. The summed E-state index contributed by atoms with van der Waals surface area (Å²) in [5.74, 6) is -0.361. The first-order valence-electron chi connectivity index (χ1n) is 8.30. The zero-order chi connectivity index (χ0) is 17.6. The van der Waals surface area contributed by atoms with Gasteiger partial charge in [0, 0.05) is 12.2 Å². The second kappa shape index (κ2) is 12.2. The Labute approximate surface area is 143 Å². The van der Waals surface area contributed by atoms with Crippen LogP contribution in [0.3, 0.4) is 0 Å². The summed E-state index contributed by atoms with van der Waals surface area (Å²) in [5.41, 5.74) is 0.840. The van der Waals surface area contributed by atoms with Crippen molar-refractivity contribution in [3.63, 3.8) is 0 Å². The van der Waals surface area contributed by atoms with Crippen molar-refractivity contribution in [2.75, 3.05) is 13.7 Å². The lowest BCUT2D eigenvalue weighted by atomic mass is 10.2. The Bertz CT molecular complexity index is 519. The maximum Gasteiger partial charge on any atom is 0.331 e. The van der Waals surface area contributed by atoms with Gasteiger partial charge < -0.3 is 14.2 Å². The van der Waals surface area contributed by atoms with E-state index in [1.54, 1.807) is 19.2 Å². The van der Waals surface area contributed by atoms with E-state index < -0.39 is 11.9 Å². The van der Waals surface area contributed by atoms with Crippen LogP contribution >= 0.6 is 0 Å². The Balaban J connectivity index is 2.18. The Morgan fingerprint density at radius 1 is 0.917 bits per heavy atom. The second-order valence-corrected chi connectivity index (χ2v) is 5.37. The van der Waals surface area contributed by atoms with Crippen molar-refractivity contribution in [3.8, 4) is 5.75 Å². The van der Waals surface area contributed by atoms with Gasteiger partial charge in [0.05, 0.1) is 13.7 Å². The van der Waals surface area contributed by atoms with E-state index in [4.69, 9.17) is 14.2 Å². The van der Waals surface area contributed by atoms with Gasteiger partial charge in [0.25, 0.3) is 0 Å². The highest BCUT2D eigenvalue weighted by molar-refractivity contribution is 5.91. The summed E-state index contributed by atoms with van der Waals surface area (Å²) in [4.78, 5) is 23.0. The maximum atomic E-state index is 11.6. The van der Waals surface area contributed by atoms with Crippen LogP contribution < -0.4 is 4.74 Å². The molecule has 132 valence electrons. The monoisotopic (exact) mass is 334 g/mol. The molecule has 0 spiro atoms. The second-order valence-electron chi connectivity index (χ2n) is 5.37. The highest BCUT2D eigenvalue weighted by atomic mass is 16.5. The van der Waals surface area contributed by atoms with E-state index in [2.05, 4.69) is 6.92 Å². The molecule has 5 heteroatoms. The molecule has 1 rings (SSSR count). The molecule has 0 radical (unpaired) electrons. The fourth-order valence-corrected chi connectivity index (χ4v) is 1.99. The third-order valence-corrected chi connectivity index (χ3v) is 3.39. The Kier molecular flexibility index (Phi) is 10.0. The molecule has 0 atom stereocenters. The number of carbonyl (C=O) groups excluding carboxylic acids is 2. The van der Waals surface area contributed by atoms with Crippen molar-refractivity contribution < 1.29 is 23.8 Å². The van der Waals surface area contributed by atoms with E-state index in [9.17, 15) is 9.59 Å². The van der Waals surface area contributed by atoms with Crippen LogP contribution in [-0.4, -0.2) is 25.7 Å². The minimum absolute atomic E-state index is 0.139. The Morgan fingerprint density at radius 3 is 2.17 bits per heavy atom. The van der Waals surface area contributed by atoms with E-state index >= 15 is 0 Å². The fraction of sp³-hybridized carbons (Fsp3) is 0.474. The smallest absolute Gasteiger partial charge is 0.331 e. The summed E-state index contributed by atoms with van der Waals surface area (Å²) < 4.78 is 15.1. The minimum atomic E-state index is -0.578. The summed E-state index contributed by atoms with van der Waals surface area (Å²) in [6, 6.07) is 7.19. The van der Waals surface area contributed by atoms with E-state index in [1.807, 2.05) is 12.1 Å². The van der Waals surface area contributed by atoms with Crippen molar-refractivity contribution in [1.29, 1.82) is 0 Å². The van der Waals surface area contributed by atoms with Crippen molar-refractivity contribution in [2.24, 2.45) is 0 Å². The number of methoxy groups -OCH3 is 1. The molecule has 0 saturated heterocycles. The lowest BCUT2D eigenvalue weighted by Gasteiger charge is -2.04. The van der Waals surface area contributed by atoms with Gasteiger partial charge in [0.2, 0.25) is 0 Å². The first kappa shape index (κ1) is 19.7. The molecular formula is C19H26O5. The fourth-order valence-electron chi connectivity index (χ4n) is 1.99. The summed E-state index contributed by atoms with van der Waals surface area (Å²) in [6.45, 7) is 2.67. The molecule has 0 aliphatic rings. The van der Waals surface area contributed by atoms with Gasteiger partial charge in [-0.25, -0.2) is 9.59 Å². The van der Waals surface area contributed by atoms with E-state index in [0.717, 1.165) is 42.7 Å². The molecule has 0 saturated carbocycles. The molecule has 5 nitrogen and oxygen atoms in total. The number of benzene rings is 1. The summed E-state index contributed by atoms with van der Waals surface area (Å²) in [6.07, 6.45) is 7.62. The van der Waals surface area contributed by atoms with Crippen molar-refractivity contribution in [2.45, 2.75) is 45.6 Å². The van der Waals surface area contributed by atoms with Crippen molar-refractivity contribution in [3.05, 3.63) is 42.0 Å². The van der Waals surface area contributed by atoms with Crippen LogP contribution in [-0.2, 0) is 25.7 Å². The molecule has 0 aliphatic carbocycles. The predicted molar refractivity (Wildman–Crippen MR) is 91.6 cm³/mol. The van der Waals surface area contributed by atoms with E-state index in [0.29, 0.717) is 6.61 Å². The number of unbranched alkanes of at least 4 members (excludes halogenated alkanes) is 4. The number of hydrogen-bond acceptors (Lipinski definition) is 5. The summed E-state index contributed by atoms with van der Waals surface area (Å²) >= 11 is 0. The van der Waals surface area contributed by atoms with Crippen molar-refractivity contribution >= 4 is 11.9 Å². The number of esters is 2. The molecule has 0 heterocycles. The molecule has 0 aliphatic heterocycles. The van der Waals surface area contributed by atoms with Crippen LogP contribution in [0.5, 0.6) is 5.75 Å². The van der Waals surface area contributed by atoms with Gasteiger partial charge >= 0.3 is 11.9 Å². The van der Waals surface area contributed by atoms with Crippen molar-refractivity contribution in [1.82, 2.24) is 0 Å². The number of rotatable bonds is 11. The molecule has 0 fully saturated rings. The highest BCUT2D eigenvalue weighted by Gasteiger charge is 2.02. The van der Waals surface area contributed by atoms with Gasteiger partial charge in [-0.05, 0) is 24.1 Å². The zero-order valence-electron chi connectivity index (χ0n) is 14.5. The van der Waals surface area contributed by atoms with Crippen LogP contribution in [0.2, 0.25) is 0 Å². The molecule has 0 amide bonds. The Hall–Kier alpha value is -2.30. The van der Waals surface area contributed by atoms with E-state index in [-0.39, 0.29) is 6.61 Å². The average molecular weight is 334 g/mol. The van der Waals surface area contributed by atoms with Crippen LogP contribution in [0.1, 0.15) is 44.6 Å². The third-order valence-electron chi connectivity index (χ3n) is 3.39. The van der Waals surface area contributed by atoms with E-state index in [1.165, 1.54) is 12.8 Å². The van der Waals surface area contributed by atoms with Gasteiger partial charge in [0.1, 0.15) is 12.4 Å². The average Bonchev–Trinajstić information content (AvgIpc) is 2.61. The van der Waals surface area contributed by atoms with Gasteiger partial charge in [-0.1, -0.05) is 44.7 Å². The third kappa shape index (κ3) is 8.98. The number of ether oxygens (including phenoxy) is 3. The lowest BCUT2D eigenvalue weighted by molar-refractivity contribution is -0.141. The van der Waals surface area contributed by atoms with Crippen LogP contribution in [0.4, 0.5) is 0 Å². The molecule has 0 aromatic heterocycles. The topological polar surface area (TPSA) is 61.8 Å². The minimum Gasteiger partial charge on any atom is -0.497 e. The van der Waals surface area contributed by atoms with Crippen LogP contribution in [0.15, 0.2) is 36.4 Å². The van der Waals surface area contributed by atoms with Crippen LogP contribution in [0, 0.1) is 0 Å². The van der Waals surface area contributed by atoms with Gasteiger partial charge in [-0.15, -0.1) is 0 Å². The van der Waals surface area contributed by atoms with Gasteiger partial charge in [0.15, 0.2) is 0 Å². The number of carbonyl (C=O) groups is 2. The van der Waals surface area contributed by atoms with Gasteiger partial charge in [-0.3, -0.25) is 0 Å². The Morgan fingerprint density at radius 2 is 1.54 bits per heavy atom. The first-order chi connectivity index (χ1) is 11.7. The lowest BCUT2D eigenvalue weighted by Crippen LogP contribution is -2.05.